The molecular weight excluding hydrogens is 276 g/mol. The molecule has 0 saturated heterocycles. The molecule has 1 amide bonds. The number of amides is 1. The number of aliphatic hydroxyl groups is 1. The van der Waals surface area contributed by atoms with Crippen molar-refractivity contribution < 1.29 is 24.0 Å². The van der Waals surface area contributed by atoms with Crippen LogP contribution < -0.4 is 5.32 Å². The summed E-state index contributed by atoms with van der Waals surface area (Å²) < 4.78 is 9.51. The molecule has 0 aliphatic carbocycles. The quantitative estimate of drug-likeness (QED) is 0.802. The number of aliphatic hydroxyl groups excluding tert-OH is 1. The van der Waals surface area contributed by atoms with Crippen LogP contribution in [0.3, 0.4) is 0 Å². The highest BCUT2D eigenvalue weighted by Gasteiger charge is 2.19. The van der Waals surface area contributed by atoms with Crippen molar-refractivity contribution in [2.45, 2.75) is 13.0 Å². The van der Waals surface area contributed by atoms with Gasteiger partial charge in [0.1, 0.15) is 5.76 Å². The van der Waals surface area contributed by atoms with Crippen LogP contribution in [0.15, 0.2) is 40.9 Å². The minimum absolute atomic E-state index is 0.233. The van der Waals surface area contributed by atoms with Gasteiger partial charge in [-0.1, -0.05) is 35.5 Å². The fourth-order valence-electron chi connectivity index (χ4n) is 1.59. The van der Waals surface area contributed by atoms with Crippen LogP contribution in [0, 0.1) is 6.92 Å². The van der Waals surface area contributed by atoms with Crippen molar-refractivity contribution in [2.24, 2.45) is 0 Å². The maximum Gasteiger partial charge on any atom is 0.340 e. The third kappa shape index (κ3) is 4.15. The molecule has 2 N–H and O–H groups in total. The third-order valence-corrected chi connectivity index (χ3v) is 2.58. The number of aryl methyl sites for hydroxylation is 1. The van der Waals surface area contributed by atoms with Crippen LogP contribution in [0.4, 0.5) is 5.82 Å². The summed E-state index contributed by atoms with van der Waals surface area (Å²) in [5.41, 5.74) is 0.398. The Labute approximate surface area is 120 Å². The molecule has 1 aromatic carbocycles. The van der Waals surface area contributed by atoms with Crippen molar-refractivity contribution in [3.63, 3.8) is 0 Å². The Morgan fingerprint density at radius 3 is 2.71 bits per heavy atom. The van der Waals surface area contributed by atoms with E-state index in [1.807, 2.05) is 0 Å². The molecule has 0 spiro atoms. The maximum absolute atomic E-state index is 11.6. The molecule has 0 radical (unpaired) electrons. The predicted octanol–water partition coefficient (Wildman–Crippen LogP) is 1.20. The van der Waals surface area contributed by atoms with E-state index in [1.165, 1.54) is 6.07 Å². The molecule has 0 unspecified atom stereocenters. The molecule has 7 nitrogen and oxygen atoms in total. The van der Waals surface area contributed by atoms with Crippen molar-refractivity contribution in [2.75, 3.05) is 11.9 Å². The van der Waals surface area contributed by atoms with Gasteiger partial charge in [0.05, 0.1) is 0 Å². The summed E-state index contributed by atoms with van der Waals surface area (Å²) in [5, 5.41) is 15.7. The van der Waals surface area contributed by atoms with Crippen LogP contribution in [0.5, 0.6) is 0 Å². The molecule has 1 heterocycles. The molecule has 0 fully saturated rings. The number of esters is 1. The lowest BCUT2D eigenvalue weighted by Gasteiger charge is -2.10. The molecule has 1 atom stereocenters. The molecular formula is C14H14N2O5. The number of hydrogen-bond donors (Lipinski definition) is 2. The van der Waals surface area contributed by atoms with E-state index < -0.39 is 24.6 Å². The van der Waals surface area contributed by atoms with Gasteiger partial charge in [0.25, 0.3) is 5.91 Å². The highest BCUT2D eigenvalue weighted by atomic mass is 16.5. The summed E-state index contributed by atoms with van der Waals surface area (Å²) >= 11 is 0. The lowest BCUT2D eigenvalue weighted by Crippen LogP contribution is -2.24. The Hall–Kier alpha value is -2.67. The monoisotopic (exact) mass is 290 g/mol. The van der Waals surface area contributed by atoms with Gasteiger partial charge in [-0.05, 0) is 12.5 Å². The molecule has 1 aromatic heterocycles. The van der Waals surface area contributed by atoms with Crippen LogP contribution in [-0.2, 0) is 14.3 Å². The largest absolute Gasteiger partial charge is 0.453 e. The van der Waals surface area contributed by atoms with Crippen LogP contribution in [0.1, 0.15) is 17.4 Å². The maximum atomic E-state index is 11.6. The number of nitrogens with zero attached hydrogens (tertiary/aromatic N) is 1. The Kier molecular flexibility index (Phi) is 4.68. The molecule has 2 rings (SSSR count). The van der Waals surface area contributed by atoms with Crippen LogP contribution in [0.25, 0.3) is 0 Å². The minimum Gasteiger partial charge on any atom is -0.453 e. The first-order valence-corrected chi connectivity index (χ1v) is 6.19. The second-order valence-corrected chi connectivity index (χ2v) is 4.29. The van der Waals surface area contributed by atoms with Gasteiger partial charge in [0, 0.05) is 6.07 Å². The lowest BCUT2D eigenvalue weighted by molar-refractivity contribution is -0.156. The van der Waals surface area contributed by atoms with E-state index in [0.717, 1.165) is 0 Å². The van der Waals surface area contributed by atoms with Gasteiger partial charge in [-0.15, -0.1) is 0 Å². The SMILES string of the molecule is Cc1cc(NC(=O)COC(=O)[C@H](O)c2ccccc2)no1. The summed E-state index contributed by atoms with van der Waals surface area (Å²) in [6, 6.07) is 9.83. The van der Waals surface area contributed by atoms with Crippen molar-refractivity contribution in [3.8, 4) is 0 Å². The summed E-state index contributed by atoms with van der Waals surface area (Å²) in [6.45, 7) is 1.16. The van der Waals surface area contributed by atoms with E-state index in [-0.39, 0.29) is 5.82 Å². The standard InChI is InChI=1S/C14H14N2O5/c1-9-7-11(16-21-9)15-12(17)8-20-14(19)13(18)10-5-3-2-4-6-10/h2-7,13,18H,8H2,1H3,(H,15,16,17)/t13-/m1/s1. The van der Waals surface area contributed by atoms with E-state index in [0.29, 0.717) is 11.3 Å². The Balaban J connectivity index is 1.82. The van der Waals surface area contributed by atoms with Crippen molar-refractivity contribution >= 4 is 17.7 Å². The predicted molar refractivity (Wildman–Crippen MR) is 72.2 cm³/mol. The number of anilines is 1. The summed E-state index contributed by atoms with van der Waals surface area (Å²) in [7, 11) is 0. The van der Waals surface area contributed by atoms with E-state index in [1.54, 1.807) is 37.3 Å². The summed E-state index contributed by atoms with van der Waals surface area (Å²) in [4.78, 5) is 23.2. The van der Waals surface area contributed by atoms with Gasteiger partial charge in [0.2, 0.25) is 0 Å². The molecule has 110 valence electrons. The fraction of sp³-hybridized carbons (Fsp3) is 0.214. The first kappa shape index (κ1) is 14.7. The topological polar surface area (TPSA) is 102 Å². The third-order valence-electron chi connectivity index (χ3n) is 2.58. The smallest absolute Gasteiger partial charge is 0.340 e. The number of carbonyl (C=O) groups is 2. The number of rotatable bonds is 5. The first-order chi connectivity index (χ1) is 10.1. The molecule has 2 aromatic rings. The minimum atomic E-state index is -1.42. The summed E-state index contributed by atoms with van der Waals surface area (Å²) in [6.07, 6.45) is -1.42. The van der Waals surface area contributed by atoms with Gasteiger partial charge in [-0.2, -0.15) is 0 Å². The Morgan fingerprint density at radius 2 is 2.10 bits per heavy atom. The number of ether oxygens (including phenoxy) is 1. The normalized spacial score (nSPS) is 11.7. The number of nitrogens with one attached hydrogen (secondary N) is 1. The second kappa shape index (κ2) is 6.67. The van der Waals surface area contributed by atoms with Gasteiger partial charge in [-0.3, -0.25) is 4.79 Å². The van der Waals surface area contributed by atoms with Crippen molar-refractivity contribution in [3.05, 3.63) is 47.7 Å². The molecule has 0 bridgehead atoms. The average Bonchev–Trinajstić information content (AvgIpc) is 2.90. The number of benzene rings is 1. The van der Waals surface area contributed by atoms with Crippen molar-refractivity contribution in [1.82, 2.24) is 5.16 Å². The first-order valence-electron chi connectivity index (χ1n) is 6.19. The zero-order valence-electron chi connectivity index (χ0n) is 11.3. The van der Waals surface area contributed by atoms with Gasteiger partial charge in [-0.25, -0.2) is 4.79 Å². The second-order valence-electron chi connectivity index (χ2n) is 4.29. The Bertz CT molecular complexity index is 623. The van der Waals surface area contributed by atoms with Crippen LogP contribution >= 0.6 is 0 Å². The summed E-state index contributed by atoms with van der Waals surface area (Å²) in [5.74, 6) is -0.691. The van der Waals surface area contributed by atoms with Crippen molar-refractivity contribution in [1.29, 1.82) is 0 Å². The highest BCUT2D eigenvalue weighted by Crippen LogP contribution is 2.13. The highest BCUT2D eigenvalue weighted by molar-refractivity contribution is 5.92. The van der Waals surface area contributed by atoms with E-state index >= 15 is 0 Å². The molecule has 0 aliphatic rings. The molecule has 0 saturated carbocycles. The van der Waals surface area contributed by atoms with Crippen LogP contribution in [-0.4, -0.2) is 28.7 Å². The average molecular weight is 290 g/mol. The van der Waals surface area contributed by atoms with E-state index in [2.05, 4.69) is 10.5 Å². The fourth-order valence-corrected chi connectivity index (χ4v) is 1.59. The van der Waals surface area contributed by atoms with E-state index in [4.69, 9.17) is 9.26 Å². The zero-order chi connectivity index (χ0) is 15.2. The van der Waals surface area contributed by atoms with Gasteiger partial charge < -0.3 is 19.7 Å². The molecule has 21 heavy (non-hydrogen) atoms. The zero-order valence-corrected chi connectivity index (χ0v) is 11.3. The number of hydrogen-bond acceptors (Lipinski definition) is 6. The van der Waals surface area contributed by atoms with Gasteiger partial charge in [0.15, 0.2) is 18.5 Å². The number of aromatic nitrogens is 1. The van der Waals surface area contributed by atoms with E-state index in [9.17, 15) is 14.7 Å². The number of carbonyl (C=O) groups excluding carboxylic acids is 2. The molecule has 0 aliphatic heterocycles. The lowest BCUT2D eigenvalue weighted by atomic mass is 10.1. The van der Waals surface area contributed by atoms with Crippen LogP contribution in [0.2, 0.25) is 0 Å². The van der Waals surface area contributed by atoms with Gasteiger partial charge >= 0.3 is 5.97 Å². The Morgan fingerprint density at radius 1 is 1.38 bits per heavy atom. The molecule has 7 heteroatoms.